The van der Waals surface area contributed by atoms with E-state index in [1.165, 1.54) is 30.5 Å². The Morgan fingerprint density at radius 1 is 1.09 bits per heavy atom. The first-order valence-corrected chi connectivity index (χ1v) is 15.6. The van der Waals surface area contributed by atoms with Gasteiger partial charge in [0.2, 0.25) is 0 Å². The molecule has 1 aliphatic rings. The SMILES string of the molecule is Cc1cc(Cl)cc(C(=O)NC2CCS(=O)(=O)C2)c1NC(=O)c1cc(Cn2nnc(C(F)(F)C(F)(F)F)n2)nn1-c1ncccc1Cl. The minimum Gasteiger partial charge on any atom is -0.348 e. The molecule has 244 valence electrons. The van der Waals surface area contributed by atoms with Crippen LogP contribution in [0.3, 0.4) is 0 Å². The molecule has 0 spiro atoms. The minimum absolute atomic E-state index is 0.0196. The van der Waals surface area contributed by atoms with E-state index in [0.717, 1.165) is 10.7 Å². The summed E-state index contributed by atoms with van der Waals surface area (Å²) in [4.78, 5) is 31.5. The van der Waals surface area contributed by atoms with Crippen LogP contribution in [0.2, 0.25) is 10.0 Å². The average Bonchev–Trinajstić information content (AvgIpc) is 3.68. The number of aryl methyl sites for hydroxylation is 1. The zero-order valence-corrected chi connectivity index (χ0v) is 25.5. The van der Waals surface area contributed by atoms with Crippen molar-refractivity contribution in [3.05, 3.63) is 74.9 Å². The van der Waals surface area contributed by atoms with Crippen LogP contribution in [0.5, 0.6) is 0 Å². The number of aromatic nitrogens is 7. The van der Waals surface area contributed by atoms with E-state index in [2.05, 4.69) is 36.1 Å². The summed E-state index contributed by atoms with van der Waals surface area (Å²) in [7, 11) is -3.31. The number of sulfone groups is 1. The van der Waals surface area contributed by atoms with Crippen LogP contribution < -0.4 is 10.6 Å². The molecule has 0 radical (unpaired) electrons. The zero-order chi connectivity index (χ0) is 33.6. The summed E-state index contributed by atoms with van der Waals surface area (Å²) in [6.45, 7) is 0.956. The summed E-state index contributed by atoms with van der Waals surface area (Å²) in [5, 5.41) is 18.8. The molecule has 0 bridgehead atoms. The van der Waals surface area contributed by atoms with Gasteiger partial charge in [0.15, 0.2) is 15.7 Å². The first-order chi connectivity index (χ1) is 21.4. The molecule has 1 fully saturated rings. The van der Waals surface area contributed by atoms with Gasteiger partial charge in [0.05, 0.1) is 33.5 Å². The number of carbonyl (C=O) groups is 2. The largest absolute Gasteiger partial charge is 0.461 e. The first-order valence-electron chi connectivity index (χ1n) is 13.0. The van der Waals surface area contributed by atoms with Gasteiger partial charge in [0, 0.05) is 17.3 Å². The van der Waals surface area contributed by atoms with Crippen molar-refractivity contribution in [1.29, 1.82) is 0 Å². The van der Waals surface area contributed by atoms with E-state index < -0.39 is 52.2 Å². The molecule has 4 heterocycles. The molecule has 2 N–H and O–H groups in total. The number of halogens is 7. The van der Waals surface area contributed by atoms with E-state index in [1.54, 1.807) is 6.92 Å². The molecule has 1 aliphatic heterocycles. The van der Waals surface area contributed by atoms with E-state index in [1.807, 2.05) is 0 Å². The van der Waals surface area contributed by atoms with Gasteiger partial charge in [0.25, 0.3) is 17.6 Å². The lowest BCUT2D eigenvalue weighted by molar-refractivity contribution is -0.292. The fourth-order valence-corrected chi connectivity index (χ4v) is 6.66. The van der Waals surface area contributed by atoms with Crippen LogP contribution in [0.4, 0.5) is 27.6 Å². The fourth-order valence-electron chi connectivity index (χ4n) is 4.51. The van der Waals surface area contributed by atoms with Gasteiger partial charge in [-0.1, -0.05) is 23.2 Å². The highest BCUT2D eigenvalue weighted by Crippen LogP contribution is 2.42. The maximum atomic E-state index is 13.7. The van der Waals surface area contributed by atoms with Crippen molar-refractivity contribution in [2.75, 3.05) is 16.8 Å². The van der Waals surface area contributed by atoms with E-state index in [4.69, 9.17) is 23.2 Å². The molecular weight excluding hydrogens is 688 g/mol. The Morgan fingerprint density at radius 2 is 1.83 bits per heavy atom. The highest BCUT2D eigenvalue weighted by Gasteiger charge is 2.62. The van der Waals surface area contributed by atoms with Crippen LogP contribution in [0, 0.1) is 6.92 Å². The third kappa shape index (κ3) is 6.80. The van der Waals surface area contributed by atoms with Crippen molar-refractivity contribution < 1.29 is 40.0 Å². The number of benzene rings is 1. The summed E-state index contributed by atoms with van der Waals surface area (Å²) in [5.41, 5.74) is -0.0449. The summed E-state index contributed by atoms with van der Waals surface area (Å²) < 4.78 is 90.4. The summed E-state index contributed by atoms with van der Waals surface area (Å²) in [6, 6.07) is 6.18. The lowest BCUT2D eigenvalue weighted by Gasteiger charge is -2.17. The van der Waals surface area contributed by atoms with Gasteiger partial charge in [-0.3, -0.25) is 9.59 Å². The molecule has 0 aliphatic carbocycles. The van der Waals surface area contributed by atoms with Gasteiger partial charge in [-0.05, 0) is 54.5 Å². The summed E-state index contributed by atoms with van der Waals surface area (Å²) in [5.74, 6) is -9.22. The number of anilines is 1. The van der Waals surface area contributed by atoms with Gasteiger partial charge in [-0.15, -0.1) is 10.2 Å². The van der Waals surface area contributed by atoms with Crippen LogP contribution in [0.25, 0.3) is 5.82 Å². The molecular formula is C25H20Cl2F5N9O4S. The van der Waals surface area contributed by atoms with Crippen LogP contribution in [0.1, 0.15) is 44.3 Å². The van der Waals surface area contributed by atoms with Crippen molar-refractivity contribution in [2.45, 2.75) is 38.0 Å². The predicted molar refractivity (Wildman–Crippen MR) is 152 cm³/mol. The highest BCUT2D eigenvalue weighted by molar-refractivity contribution is 7.91. The number of alkyl halides is 5. The number of carbonyl (C=O) groups excluding carboxylic acids is 2. The Bertz CT molecular complexity index is 1950. The normalized spacial score (nSPS) is 16.4. The number of pyridine rings is 1. The van der Waals surface area contributed by atoms with Crippen molar-refractivity contribution in [3.63, 3.8) is 0 Å². The maximum absolute atomic E-state index is 13.7. The zero-order valence-electron chi connectivity index (χ0n) is 23.2. The van der Waals surface area contributed by atoms with Crippen LogP contribution in [0.15, 0.2) is 36.5 Å². The Labute approximate surface area is 266 Å². The number of tetrazole rings is 1. The number of hydrogen-bond donors (Lipinski definition) is 2. The monoisotopic (exact) mass is 707 g/mol. The van der Waals surface area contributed by atoms with Gasteiger partial charge in [0.1, 0.15) is 12.2 Å². The minimum atomic E-state index is -5.96. The number of nitrogens with one attached hydrogen (secondary N) is 2. The van der Waals surface area contributed by atoms with E-state index >= 15 is 0 Å². The quantitative estimate of drug-likeness (QED) is 0.259. The molecule has 1 unspecified atom stereocenters. The van der Waals surface area contributed by atoms with Crippen molar-refractivity contribution in [2.24, 2.45) is 0 Å². The Kier molecular flexibility index (Phi) is 8.77. The molecule has 1 saturated heterocycles. The summed E-state index contributed by atoms with van der Waals surface area (Å²) >= 11 is 12.5. The molecule has 3 aromatic heterocycles. The third-order valence-electron chi connectivity index (χ3n) is 6.68. The van der Waals surface area contributed by atoms with Crippen LogP contribution in [-0.2, 0) is 22.3 Å². The molecule has 1 atom stereocenters. The number of amides is 2. The van der Waals surface area contributed by atoms with Gasteiger partial charge in [-0.2, -0.15) is 31.8 Å². The Balaban J connectivity index is 1.48. The van der Waals surface area contributed by atoms with E-state index in [-0.39, 0.29) is 56.4 Å². The molecule has 46 heavy (non-hydrogen) atoms. The molecule has 0 saturated carbocycles. The summed E-state index contributed by atoms with van der Waals surface area (Å²) in [6.07, 6.45) is -4.42. The lowest BCUT2D eigenvalue weighted by atomic mass is 10.1. The van der Waals surface area contributed by atoms with Crippen LogP contribution in [-0.4, -0.2) is 78.9 Å². The lowest BCUT2D eigenvalue weighted by Crippen LogP contribution is -2.36. The standard InChI is InChI=1S/C25H20Cl2F5N9O4S/c1-12-7-13(26)8-16(21(42)34-14-4-6-46(44,45)11-14)19(12)35-22(43)18-9-15(37-41(18)20-17(27)3-2-5-33-20)10-40-38-23(36-39-40)24(28,29)25(30,31)32/h2-3,5,7-9,14H,4,6,10-11H2,1H3,(H,34,42)(H,35,43). The Morgan fingerprint density at radius 3 is 2.48 bits per heavy atom. The molecule has 1 aromatic carbocycles. The first kappa shape index (κ1) is 33.1. The van der Waals surface area contributed by atoms with Crippen molar-refractivity contribution >= 4 is 50.5 Å². The van der Waals surface area contributed by atoms with Gasteiger partial charge >= 0.3 is 12.1 Å². The van der Waals surface area contributed by atoms with Crippen LogP contribution >= 0.6 is 23.2 Å². The van der Waals surface area contributed by atoms with Crippen molar-refractivity contribution in [1.82, 2.24) is 40.3 Å². The predicted octanol–water partition coefficient (Wildman–Crippen LogP) is 3.74. The highest BCUT2D eigenvalue weighted by atomic mass is 35.5. The van der Waals surface area contributed by atoms with Gasteiger partial charge < -0.3 is 10.6 Å². The number of hydrogen-bond acceptors (Lipinski definition) is 9. The van der Waals surface area contributed by atoms with E-state index in [0.29, 0.717) is 10.4 Å². The number of rotatable bonds is 8. The maximum Gasteiger partial charge on any atom is 0.461 e. The second-order valence-electron chi connectivity index (χ2n) is 10.1. The molecule has 13 nitrogen and oxygen atoms in total. The van der Waals surface area contributed by atoms with Gasteiger partial charge in [-0.25, -0.2) is 18.1 Å². The molecule has 4 aromatic rings. The van der Waals surface area contributed by atoms with E-state index in [9.17, 15) is 40.0 Å². The fraction of sp³-hybridized carbons (Fsp3) is 0.320. The second kappa shape index (κ2) is 12.2. The molecule has 2 amide bonds. The van der Waals surface area contributed by atoms with Crippen molar-refractivity contribution in [3.8, 4) is 5.82 Å². The second-order valence-corrected chi connectivity index (χ2v) is 13.2. The Hall–Kier alpha value is -4.23. The topological polar surface area (TPSA) is 167 Å². The molecule has 5 rings (SSSR count). The smallest absolute Gasteiger partial charge is 0.348 e. The average molecular weight is 708 g/mol. The molecule has 21 heteroatoms. The number of nitrogens with zero attached hydrogens (tertiary/aromatic N) is 7. The third-order valence-corrected chi connectivity index (χ3v) is 8.96.